The molecule has 2 aromatic rings. The molecule has 1 N–H and O–H groups in total. The maximum atomic E-state index is 12.4. The topological polar surface area (TPSA) is 89.3 Å². The first-order valence-corrected chi connectivity index (χ1v) is 6.47. The number of carbonyl (C=O) groups is 2. The van der Waals surface area contributed by atoms with Crippen LogP contribution in [-0.4, -0.2) is 16.5 Å². The number of hydrogen-bond acceptors (Lipinski definition) is 5. The number of anilines is 1. The summed E-state index contributed by atoms with van der Waals surface area (Å²) in [6.45, 7) is 0. The maximum absolute atomic E-state index is 12.4. The molecule has 6 heteroatoms. The molecule has 0 fully saturated rings. The summed E-state index contributed by atoms with van der Waals surface area (Å²) >= 11 is 0. The number of ketones is 2. The van der Waals surface area contributed by atoms with Gasteiger partial charge in [-0.2, -0.15) is 0 Å². The van der Waals surface area contributed by atoms with Gasteiger partial charge in [0.05, 0.1) is 10.6 Å². The smallest absolute Gasteiger partial charge is 0.269 e. The Hall–Kier alpha value is -3.28. The quantitative estimate of drug-likeness (QED) is 0.694. The van der Waals surface area contributed by atoms with E-state index in [1.165, 1.54) is 30.3 Å². The van der Waals surface area contributed by atoms with Crippen molar-refractivity contribution in [2.24, 2.45) is 0 Å². The predicted octanol–water partition coefficient (Wildman–Crippen LogP) is 2.97. The number of allylic oxidation sites excluding steroid dienone is 2. The van der Waals surface area contributed by atoms with Crippen LogP contribution in [0.25, 0.3) is 0 Å². The molecule has 6 nitrogen and oxygen atoms in total. The average molecular weight is 294 g/mol. The van der Waals surface area contributed by atoms with Gasteiger partial charge in [-0.1, -0.05) is 24.3 Å². The maximum Gasteiger partial charge on any atom is 0.269 e. The highest BCUT2D eigenvalue weighted by Gasteiger charge is 2.25. The molecule has 0 amide bonds. The SMILES string of the molecule is O=C1C=C(Nc2ccc([N+](=O)[O-])cc2)C(=O)c2ccccc21. The van der Waals surface area contributed by atoms with Crippen LogP contribution in [-0.2, 0) is 0 Å². The van der Waals surface area contributed by atoms with Crippen molar-refractivity contribution < 1.29 is 14.5 Å². The molecule has 1 aliphatic carbocycles. The zero-order valence-electron chi connectivity index (χ0n) is 11.3. The number of carbonyl (C=O) groups excluding carboxylic acids is 2. The fourth-order valence-electron chi connectivity index (χ4n) is 2.23. The van der Waals surface area contributed by atoms with Crippen molar-refractivity contribution in [3.8, 4) is 0 Å². The number of rotatable bonds is 3. The Bertz CT molecular complexity index is 822. The molecule has 0 bridgehead atoms. The van der Waals surface area contributed by atoms with Crippen molar-refractivity contribution in [2.75, 3.05) is 5.32 Å². The molecule has 0 atom stereocenters. The van der Waals surface area contributed by atoms with Crippen LogP contribution >= 0.6 is 0 Å². The molecule has 0 heterocycles. The number of nitrogens with one attached hydrogen (secondary N) is 1. The number of nitrogens with zero attached hydrogens (tertiary/aromatic N) is 1. The van der Waals surface area contributed by atoms with Crippen LogP contribution in [0.4, 0.5) is 11.4 Å². The van der Waals surface area contributed by atoms with E-state index in [0.29, 0.717) is 16.8 Å². The van der Waals surface area contributed by atoms with E-state index >= 15 is 0 Å². The Balaban J connectivity index is 1.89. The van der Waals surface area contributed by atoms with Crippen molar-refractivity contribution in [3.63, 3.8) is 0 Å². The van der Waals surface area contributed by atoms with E-state index in [4.69, 9.17) is 0 Å². The highest BCUT2D eigenvalue weighted by molar-refractivity contribution is 6.25. The molecule has 108 valence electrons. The van der Waals surface area contributed by atoms with Gasteiger partial charge < -0.3 is 5.32 Å². The molecular weight excluding hydrogens is 284 g/mol. The highest BCUT2D eigenvalue weighted by atomic mass is 16.6. The van der Waals surface area contributed by atoms with Crippen LogP contribution in [0.2, 0.25) is 0 Å². The van der Waals surface area contributed by atoms with Gasteiger partial charge in [-0.25, -0.2) is 0 Å². The summed E-state index contributed by atoms with van der Waals surface area (Å²) in [5, 5.41) is 13.4. The number of fused-ring (bicyclic) bond motifs is 1. The van der Waals surface area contributed by atoms with Crippen LogP contribution in [0.5, 0.6) is 0 Å². The zero-order chi connectivity index (χ0) is 15.7. The Morgan fingerprint density at radius 2 is 1.55 bits per heavy atom. The standard InChI is InChI=1S/C16H10N2O4/c19-15-9-14(16(20)13-4-2-1-3-12(13)15)17-10-5-7-11(8-6-10)18(21)22/h1-9,17H. The number of nitro groups is 1. The van der Waals surface area contributed by atoms with Crippen molar-refractivity contribution in [2.45, 2.75) is 0 Å². The first-order chi connectivity index (χ1) is 10.6. The fraction of sp³-hybridized carbons (Fsp3) is 0. The normalized spacial score (nSPS) is 13.4. The molecule has 0 saturated carbocycles. The second-order valence-corrected chi connectivity index (χ2v) is 4.73. The minimum Gasteiger partial charge on any atom is -0.352 e. The van der Waals surface area contributed by atoms with E-state index in [2.05, 4.69) is 5.32 Å². The third-order valence-electron chi connectivity index (χ3n) is 3.31. The largest absolute Gasteiger partial charge is 0.352 e. The van der Waals surface area contributed by atoms with E-state index in [0.717, 1.165) is 0 Å². The predicted molar refractivity (Wildman–Crippen MR) is 79.9 cm³/mol. The lowest BCUT2D eigenvalue weighted by atomic mass is 9.92. The summed E-state index contributed by atoms with van der Waals surface area (Å²) in [5.41, 5.74) is 1.33. The van der Waals surface area contributed by atoms with Gasteiger partial charge in [0.2, 0.25) is 5.78 Å². The number of benzene rings is 2. The van der Waals surface area contributed by atoms with Crippen LogP contribution in [0.15, 0.2) is 60.3 Å². The van der Waals surface area contributed by atoms with Crippen molar-refractivity contribution in [1.29, 1.82) is 0 Å². The molecule has 3 rings (SSSR count). The molecule has 0 unspecified atom stereocenters. The average Bonchev–Trinajstić information content (AvgIpc) is 2.53. The minimum atomic E-state index is -0.505. The third kappa shape index (κ3) is 2.37. The molecule has 1 aliphatic rings. The zero-order valence-corrected chi connectivity index (χ0v) is 11.3. The Labute approximate surface area is 125 Å². The molecule has 0 radical (unpaired) electrons. The fourth-order valence-corrected chi connectivity index (χ4v) is 2.23. The number of hydrogen-bond donors (Lipinski definition) is 1. The first kappa shape index (κ1) is 13.7. The minimum absolute atomic E-state index is 0.0454. The van der Waals surface area contributed by atoms with Crippen LogP contribution in [0.3, 0.4) is 0 Å². The van der Waals surface area contributed by atoms with Crippen molar-refractivity contribution in [1.82, 2.24) is 0 Å². The Morgan fingerprint density at radius 1 is 0.909 bits per heavy atom. The van der Waals surface area contributed by atoms with Crippen molar-refractivity contribution >= 4 is 22.9 Å². The van der Waals surface area contributed by atoms with E-state index in [1.807, 2.05) is 0 Å². The summed E-state index contributed by atoms with van der Waals surface area (Å²) in [6, 6.07) is 12.2. The van der Waals surface area contributed by atoms with Gasteiger partial charge in [0.15, 0.2) is 5.78 Å². The monoisotopic (exact) mass is 294 g/mol. The van der Waals surface area contributed by atoms with E-state index < -0.39 is 4.92 Å². The third-order valence-corrected chi connectivity index (χ3v) is 3.31. The second kappa shape index (κ2) is 5.25. The molecule has 0 spiro atoms. The summed E-state index contributed by atoms with van der Waals surface area (Å²) in [4.78, 5) is 34.5. The van der Waals surface area contributed by atoms with Gasteiger partial charge in [0.25, 0.3) is 5.69 Å². The highest BCUT2D eigenvalue weighted by Crippen LogP contribution is 2.23. The summed E-state index contributed by atoms with van der Waals surface area (Å²) in [5.74, 6) is -0.534. The molecule has 2 aromatic carbocycles. The van der Waals surface area contributed by atoms with Crippen LogP contribution in [0, 0.1) is 10.1 Å². The number of Topliss-reactive ketones (excluding diaryl/α,β-unsaturated/α-hetero) is 1. The second-order valence-electron chi connectivity index (χ2n) is 4.73. The summed E-state index contributed by atoms with van der Waals surface area (Å²) in [7, 11) is 0. The molecule has 0 saturated heterocycles. The lowest BCUT2D eigenvalue weighted by Crippen LogP contribution is -2.21. The Morgan fingerprint density at radius 3 is 2.18 bits per heavy atom. The molecule has 0 aliphatic heterocycles. The molecule has 0 aromatic heterocycles. The van der Waals surface area contributed by atoms with Gasteiger partial charge in [-0.15, -0.1) is 0 Å². The summed E-state index contributed by atoms with van der Waals surface area (Å²) in [6.07, 6.45) is 1.24. The lowest BCUT2D eigenvalue weighted by Gasteiger charge is -2.16. The van der Waals surface area contributed by atoms with Crippen LogP contribution in [0.1, 0.15) is 20.7 Å². The first-order valence-electron chi connectivity index (χ1n) is 6.47. The van der Waals surface area contributed by atoms with E-state index in [1.54, 1.807) is 24.3 Å². The molecule has 22 heavy (non-hydrogen) atoms. The number of non-ortho nitro benzene ring substituents is 1. The van der Waals surface area contributed by atoms with Gasteiger partial charge in [-0.05, 0) is 12.1 Å². The van der Waals surface area contributed by atoms with E-state index in [9.17, 15) is 19.7 Å². The van der Waals surface area contributed by atoms with Gasteiger partial charge in [-0.3, -0.25) is 19.7 Å². The summed E-state index contributed by atoms with van der Waals surface area (Å²) < 4.78 is 0. The lowest BCUT2D eigenvalue weighted by molar-refractivity contribution is -0.384. The van der Waals surface area contributed by atoms with Crippen molar-refractivity contribution in [3.05, 3.63) is 81.5 Å². The van der Waals surface area contributed by atoms with Gasteiger partial charge in [0, 0.05) is 35.0 Å². The van der Waals surface area contributed by atoms with Gasteiger partial charge >= 0.3 is 0 Å². The van der Waals surface area contributed by atoms with Gasteiger partial charge in [0.1, 0.15) is 0 Å². The van der Waals surface area contributed by atoms with Crippen LogP contribution < -0.4 is 5.32 Å². The Kier molecular flexibility index (Phi) is 3.27. The van der Waals surface area contributed by atoms with E-state index in [-0.39, 0.29) is 23.0 Å². The number of nitro benzene ring substituents is 1. The molecular formula is C16H10N2O4.